The van der Waals surface area contributed by atoms with Crippen LogP contribution in [-0.4, -0.2) is 39.3 Å². The summed E-state index contributed by atoms with van der Waals surface area (Å²) in [4.78, 5) is 30.4. The number of hydrogen-bond acceptors (Lipinski definition) is 6. The lowest BCUT2D eigenvalue weighted by Crippen LogP contribution is -2.37. The Morgan fingerprint density at radius 1 is 1.20 bits per heavy atom. The van der Waals surface area contributed by atoms with E-state index < -0.39 is 0 Å². The molecule has 30 heavy (non-hydrogen) atoms. The molecule has 2 aliphatic rings. The third kappa shape index (κ3) is 4.19. The number of unbranched alkanes of at least 4 members (excludes halogenated alkanes) is 1. The van der Waals surface area contributed by atoms with E-state index in [0.29, 0.717) is 27.9 Å². The van der Waals surface area contributed by atoms with Crippen LogP contribution in [0.25, 0.3) is 6.08 Å². The van der Waals surface area contributed by atoms with Gasteiger partial charge in [-0.3, -0.25) is 19.1 Å². The number of piperidine rings is 1. The van der Waals surface area contributed by atoms with E-state index in [4.69, 9.17) is 12.2 Å². The Bertz CT molecular complexity index is 984. The van der Waals surface area contributed by atoms with Crippen molar-refractivity contribution in [3.05, 3.63) is 31.9 Å². The third-order valence-corrected chi connectivity index (χ3v) is 7.08. The molecule has 0 saturated carbocycles. The van der Waals surface area contributed by atoms with E-state index in [2.05, 4.69) is 17.9 Å². The first-order valence-electron chi connectivity index (χ1n) is 10.6. The number of hydrogen-bond donors (Lipinski definition) is 0. The van der Waals surface area contributed by atoms with E-state index in [1.54, 1.807) is 9.47 Å². The van der Waals surface area contributed by atoms with E-state index >= 15 is 0 Å². The standard InChI is InChI=1S/C22H28N4O2S2/c1-4-6-12-26-19(24-10-8-7-9-11-24)16(15(3)17(14-23)20(26)27)13-18-21(28)25(5-2)22(29)30-18/h13H,4-12H2,1-3H3/b18-13-. The van der Waals surface area contributed by atoms with Gasteiger partial charge in [0.2, 0.25) is 0 Å². The number of amides is 1. The lowest BCUT2D eigenvalue weighted by atomic mass is 10.0. The average molecular weight is 445 g/mol. The number of anilines is 1. The van der Waals surface area contributed by atoms with Gasteiger partial charge in [0.1, 0.15) is 21.8 Å². The number of thioether (sulfide) groups is 1. The fourth-order valence-electron chi connectivity index (χ4n) is 4.02. The van der Waals surface area contributed by atoms with Crippen molar-refractivity contribution in [3.63, 3.8) is 0 Å². The number of pyridine rings is 1. The summed E-state index contributed by atoms with van der Waals surface area (Å²) in [6, 6.07) is 2.11. The van der Waals surface area contributed by atoms with Crippen LogP contribution in [0.15, 0.2) is 9.70 Å². The molecule has 6 nitrogen and oxygen atoms in total. The molecule has 2 fully saturated rings. The van der Waals surface area contributed by atoms with Crippen LogP contribution in [0.4, 0.5) is 5.82 Å². The summed E-state index contributed by atoms with van der Waals surface area (Å²) in [5, 5.41) is 9.71. The van der Waals surface area contributed by atoms with E-state index in [1.165, 1.54) is 18.2 Å². The molecule has 0 atom stereocenters. The van der Waals surface area contributed by atoms with Crippen LogP contribution in [0.1, 0.15) is 62.6 Å². The first kappa shape index (κ1) is 22.6. The summed E-state index contributed by atoms with van der Waals surface area (Å²) in [7, 11) is 0. The second-order valence-electron chi connectivity index (χ2n) is 7.63. The molecule has 0 N–H and O–H groups in total. The second-order valence-corrected chi connectivity index (χ2v) is 9.31. The first-order chi connectivity index (χ1) is 14.4. The summed E-state index contributed by atoms with van der Waals surface area (Å²) in [5.74, 6) is 0.729. The van der Waals surface area contributed by atoms with Gasteiger partial charge in [0.15, 0.2) is 0 Å². The summed E-state index contributed by atoms with van der Waals surface area (Å²) < 4.78 is 2.30. The van der Waals surface area contributed by atoms with Gasteiger partial charge in [-0.05, 0) is 51.2 Å². The zero-order valence-electron chi connectivity index (χ0n) is 17.9. The minimum Gasteiger partial charge on any atom is -0.357 e. The van der Waals surface area contributed by atoms with Gasteiger partial charge in [-0.25, -0.2) is 0 Å². The Morgan fingerprint density at radius 2 is 1.90 bits per heavy atom. The maximum atomic E-state index is 13.2. The molecule has 0 spiro atoms. The van der Waals surface area contributed by atoms with E-state index in [1.807, 2.05) is 19.9 Å². The smallest absolute Gasteiger partial charge is 0.270 e. The van der Waals surface area contributed by atoms with Crippen molar-refractivity contribution in [2.24, 2.45) is 0 Å². The van der Waals surface area contributed by atoms with Gasteiger partial charge in [-0.15, -0.1) is 0 Å². The van der Waals surface area contributed by atoms with Crippen molar-refractivity contribution in [1.29, 1.82) is 5.26 Å². The summed E-state index contributed by atoms with van der Waals surface area (Å²) in [6.07, 6.45) is 6.96. The van der Waals surface area contributed by atoms with Gasteiger partial charge >= 0.3 is 0 Å². The number of aromatic nitrogens is 1. The minimum atomic E-state index is -0.234. The molecule has 3 heterocycles. The second kappa shape index (κ2) is 9.80. The molecular weight excluding hydrogens is 416 g/mol. The van der Waals surface area contributed by atoms with E-state index in [-0.39, 0.29) is 17.0 Å². The zero-order chi connectivity index (χ0) is 21.8. The van der Waals surface area contributed by atoms with Crippen LogP contribution in [0.5, 0.6) is 0 Å². The number of carbonyl (C=O) groups is 1. The van der Waals surface area contributed by atoms with Gasteiger partial charge in [-0.1, -0.05) is 37.3 Å². The van der Waals surface area contributed by atoms with Crippen LogP contribution < -0.4 is 10.5 Å². The topological polar surface area (TPSA) is 69.3 Å². The summed E-state index contributed by atoms with van der Waals surface area (Å²) in [6.45, 7) is 8.62. The number of nitriles is 1. The van der Waals surface area contributed by atoms with Crippen molar-refractivity contribution >= 4 is 46.1 Å². The van der Waals surface area contributed by atoms with Crippen LogP contribution in [0.3, 0.4) is 0 Å². The molecule has 2 aliphatic heterocycles. The molecule has 8 heteroatoms. The minimum absolute atomic E-state index is 0.110. The Morgan fingerprint density at radius 3 is 2.47 bits per heavy atom. The maximum Gasteiger partial charge on any atom is 0.270 e. The molecule has 0 radical (unpaired) electrons. The molecule has 160 valence electrons. The summed E-state index contributed by atoms with van der Waals surface area (Å²) in [5.41, 5.74) is 1.35. The number of thiocarbonyl (C=S) groups is 1. The van der Waals surface area contributed by atoms with Crippen molar-refractivity contribution in [1.82, 2.24) is 9.47 Å². The third-order valence-electron chi connectivity index (χ3n) is 5.70. The molecule has 0 aliphatic carbocycles. The van der Waals surface area contributed by atoms with Crippen molar-refractivity contribution in [3.8, 4) is 6.07 Å². The number of nitrogens with zero attached hydrogens (tertiary/aromatic N) is 4. The molecule has 3 rings (SSSR count). The van der Waals surface area contributed by atoms with Crippen LogP contribution in [0, 0.1) is 18.3 Å². The monoisotopic (exact) mass is 444 g/mol. The highest BCUT2D eigenvalue weighted by Gasteiger charge is 2.32. The highest BCUT2D eigenvalue weighted by molar-refractivity contribution is 8.26. The largest absolute Gasteiger partial charge is 0.357 e. The predicted molar refractivity (Wildman–Crippen MR) is 127 cm³/mol. The molecular formula is C22H28N4O2S2. The Balaban J connectivity index is 2.25. The molecule has 0 unspecified atom stereocenters. The van der Waals surface area contributed by atoms with Crippen LogP contribution in [0.2, 0.25) is 0 Å². The number of likely N-dealkylation sites (N-methyl/N-ethyl adjacent to an activating group) is 1. The van der Waals surface area contributed by atoms with Gasteiger partial charge in [0.05, 0.1) is 4.91 Å². The average Bonchev–Trinajstić information content (AvgIpc) is 3.02. The van der Waals surface area contributed by atoms with Gasteiger partial charge in [-0.2, -0.15) is 5.26 Å². The Kier molecular flexibility index (Phi) is 7.37. The molecule has 1 aromatic rings. The van der Waals surface area contributed by atoms with Crippen molar-refractivity contribution in [2.75, 3.05) is 24.5 Å². The lowest BCUT2D eigenvalue weighted by Gasteiger charge is -2.33. The van der Waals surface area contributed by atoms with E-state index in [0.717, 1.165) is 50.2 Å². The van der Waals surface area contributed by atoms with Gasteiger partial charge < -0.3 is 4.90 Å². The quantitative estimate of drug-likeness (QED) is 0.487. The first-order valence-corrected chi connectivity index (χ1v) is 11.8. The molecule has 0 aromatic carbocycles. The van der Waals surface area contributed by atoms with Gasteiger partial charge in [0.25, 0.3) is 11.5 Å². The molecule has 1 amide bonds. The molecule has 2 saturated heterocycles. The molecule has 1 aromatic heterocycles. The lowest BCUT2D eigenvalue weighted by molar-refractivity contribution is -0.121. The zero-order valence-corrected chi connectivity index (χ0v) is 19.5. The van der Waals surface area contributed by atoms with Crippen LogP contribution in [-0.2, 0) is 11.3 Å². The van der Waals surface area contributed by atoms with Crippen LogP contribution >= 0.6 is 24.0 Å². The highest BCUT2D eigenvalue weighted by Crippen LogP contribution is 2.36. The number of rotatable bonds is 6. The van der Waals surface area contributed by atoms with Crippen molar-refractivity contribution < 1.29 is 4.79 Å². The summed E-state index contributed by atoms with van der Waals surface area (Å²) >= 11 is 6.65. The van der Waals surface area contributed by atoms with E-state index in [9.17, 15) is 14.9 Å². The normalized spacial score (nSPS) is 18.4. The Labute approximate surface area is 187 Å². The maximum absolute atomic E-state index is 13.2. The Hall–Kier alpha value is -2.11. The molecule has 0 bridgehead atoms. The number of carbonyl (C=O) groups excluding carboxylic acids is 1. The van der Waals surface area contributed by atoms with Crippen molar-refractivity contribution in [2.45, 2.75) is 59.4 Å². The fraction of sp³-hybridized carbons (Fsp3) is 0.545. The fourth-order valence-corrected chi connectivity index (χ4v) is 5.38. The van der Waals surface area contributed by atoms with Gasteiger partial charge in [0, 0.05) is 31.7 Å². The highest BCUT2D eigenvalue weighted by atomic mass is 32.2. The SMILES string of the molecule is CCCCn1c(N2CCCCC2)c(/C=C2\SC(=S)N(CC)C2=O)c(C)c(C#N)c1=O. The predicted octanol–water partition coefficient (Wildman–Crippen LogP) is 4.04.